The number of benzene rings is 1. The Hall–Kier alpha value is -2.22. The Labute approximate surface area is 116 Å². The number of hydrogen-bond donors (Lipinski definition) is 0. The Morgan fingerprint density at radius 2 is 1.85 bits per heavy atom. The van der Waals surface area contributed by atoms with Crippen molar-refractivity contribution in [1.82, 2.24) is 0 Å². The van der Waals surface area contributed by atoms with Crippen LogP contribution in [0.5, 0.6) is 5.75 Å². The normalized spacial score (nSPS) is 12.2. The highest BCUT2D eigenvalue weighted by molar-refractivity contribution is 6.06. The molecule has 0 fully saturated rings. The van der Waals surface area contributed by atoms with Crippen LogP contribution in [-0.4, -0.2) is 12.4 Å². The SMILES string of the molecule is CC(C)(C)C(=O)/C(C#N)=C/c1ccc(OC(F)F)cc1. The van der Waals surface area contributed by atoms with E-state index in [-0.39, 0.29) is 17.1 Å². The monoisotopic (exact) mass is 279 g/mol. The minimum atomic E-state index is -2.88. The van der Waals surface area contributed by atoms with Gasteiger partial charge in [0, 0.05) is 5.41 Å². The predicted octanol–water partition coefficient (Wildman–Crippen LogP) is 3.81. The van der Waals surface area contributed by atoms with Crippen LogP contribution in [0.1, 0.15) is 26.3 Å². The molecule has 1 rings (SSSR count). The topological polar surface area (TPSA) is 50.1 Å². The number of ketones is 1. The molecular weight excluding hydrogens is 264 g/mol. The van der Waals surface area contributed by atoms with Crippen molar-refractivity contribution in [2.75, 3.05) is 0 Å². The molecule has 0 unspecified atom stereocenters. The van der Waals surface area contributed by atoms with Gasteiger partial charge in [-0.25, -0.2) is 0 Å². The van der Waals surface area contributed by atoms with E-state index in [2.05, 4.69) is 4.74 Å². The van der Waals surface area contributed by atoms with E-state index in [1.807, 2.05) is 6.07 Å². The van der Waals surface area contributed by atoms with Crippen molar-refractivity contribution in [2.24, 2.45) is 5.41 Å². The van der Waals surface area contributed by atoms with Crippen molar-refractivity contribution in [3.8, 4) is 11.8 Å². The summed E-state index contributed by atoms with van der Waals surface area (Å²) in [5, 5.41) is 9.03. The number of allylic oxidation sites excluding steroid dienone is 1. The summed E-state index contributed by atoms with van der Waals surface area (Å²) in [5.41, 5.74) is -0.0545. The van der Waals surface area contributed by atoms with Crippen molar-refractivity contribution in [3.05, 3.63) is 35.4 Å². The van der Waals surface area contributed by atoms with Gasteiger partial charge in [-0.2, -0.15) is 14.0 Å². The second-order valence-electron chi connectivity index (χ2n) is 5.20. The van der Waals surface area contributed by atoms with Gasteiger partial charge in [-0.3, -0.25) is 4.79 Å². The molecule has 0 saturated carbocycles. The first-order valence-corrected chi connectivity index (χ1v) is 5.95. The number of hydrogen-bond acceptors (Lipinski definition) is 3. The molecule has 0 spiro atoms. The summed E-state index contributed by atoms with van der Waals surface area (Å²) >= 11 is 0. The highest BCUT2D eigenvalue weighted by Crippen LogP contribution is 2.22. The van der Waals surface area contributed by atoms with Gasteiger partial charge in [0.25, 0.3) is 0 Å². The largest absolute Gasteiger partial charge is 0.435 e. The summed E-state index contributed by atoms with van der Waals surface area (Å²) in [6.45, 7) is 2.29. The number of nitriles is 1. The van der Waals surface area contributed by atoms with Crippen LogP contribution in [-0.2, 0) is 4.79 Å². The zero-order valence-corrected chi connectivity index (χ0v) is 11.5. The minimum Gasteiger partial charge on any atom is -0.435 e. The summed E-state index contributed by atoms with van der Waals surface area (Å²) in [5.74, 6) is -0.245. The van der Waals surface area contributed by atoms with E-state index in [4.69, 9.17) is 5.26 Å². The first-order valence-electron chi connectivity index (χ1n) is 5.95. The van der Waals surface area contributed by atoms with E-state index in [0.29, 0.717) is 5.56 Å². The number of nitrogens with zero attached hydrogens (tertiary/aromatic N) is 1. The van der Waals surface area contributed by atoms with Crippen molar-refractivity contribution >= 4 is 11.9 Å². The lowest BCUT2D eigenvalue weighted by Crippen LogP contribution is -2.21. The van der Waals surface area contributed by atoms with Gasteiger partial charge in [0.1, 0.15) is 11.8 Å². The number of Topliss-reactive ketones (excluding diaryl/α,β-unsaturated/α-hetero) is 1. The Bertz CT molecular complexity index is 549. The van der Waals surface area contributed by atoms with Crippen LogP contribution in [0.3, 0.4) is 0 Å². The maximum atomic E-state index is 12.0. The van der Waals surface area contributed by atoms with Gasteiger partial charge in [0.05, 0.1) is 5.57 Å². The van der Waals surface area contributed by atoms with Crippen LogP contribution < -0.4 is 4.74 Å². The van der Waals surface area contributed by atoms with Crippen molar-refractivity contribution in [1.29, 1.82) is 5.26 Å². The smallest absolute Gasteiger partial charge is 0.387 e. The van der Waals surface area contributed by atoms with Gasteiger partial charge in [-0.1, -0.05) is 32.9 Å². The highest BCUT2D eigenvalue weighted by atomic mass is 19.3. The molecule has 0 aliphatic carbocycles. The van der Waals surface area contributed by atoms with Crippen LogP contribution in [0, 0.1) is 16.7 Å². The summed E-state index contributed by atoms with van der Waals surface area (Å²) in [7, 11) is 0. The molecule has 0 heterocycles. The van der Waals surface area contributed by atoms with Crippen LogP contribution in [0.25, 0.3) is 6.08 Å². The molecule has 1 aromatic carbocycles. The van der Waals surface area contributed by atoms with E-state index in [1.54, 1.807) is 20.8 Å². The molecular formula is C15H15F2NO2. The van der Waals surface area contributed by atoms with Crippen molar-refractivity contribution < 1.29 is 18.3 Å². The molecule has 3 nitrogen and oxygen atoms in total. The van der Waals surface area contributed by atoms with E-state index < -0.39 is 12.0 Å². The molecule has 0 saturated heterocycles. The Morgan fingerprint density at radius 3 is 2.25 bits per heavy atom. The Kier molecular flexibility index (Phi) is 4.98. The van der Waals surface area contributed by atoms with Crippen molar-refractivity contribution in [3.63, 3.8) is 0 Å². The first kappa shape index (κ1) is 15.8. The number of carbonyl (C=O) groups is 1. The van der Waals surface area contributed by atoms with Crippen LogP contribution >= 0.6 is 0 Å². The van der Waals surface area contributed by atoms with Crippen LogP contribution in [0.15, 0.2) is 29.8 Å². The number of carbonyl (C=O) groups excluding carboxylic acids is 1. The fraction of sp³-hybridized carbons (Fsp3) is 0.333. The van der Waals surface area contributed by atoms with Gasteiger partial charge in [0.2, 0.25) is 0 Å². The summed E-state index contributed by atoms with van der Waals surface area (Å²) in [6, 6.07) is 7.59. The lowest BCUT2D eigenvalue weighted by atomic mass is 9.86. The molecule has 1 aromatic rings. The van der Waals surface area contributed by atoms with Gasteiger partial charge in [-0.05, 0) is 23.8 Å². The average molecular weight is 279 g/mol. The van der Waals surface area contributed by atoms with E-state index in [0.717, 1.165) is 0 Å². The van der Waals surface area contributed by atoms with Crippen LogP contribution in [0.4, 0.5) is 8.78 Å². The maximum Gasteiger partial charge on any atom is 0.387 e. The maximum absolute atomic E-state index is 12.0. The molecule has 0 aliphatic heterocycles. The average Bonchev–Trinajstić information content (AvgIpc) is 2.35. The quantitative estimate of drug-likeness (QED) is 0.622. The fourth-order valence-corrected chi connectivity index (χ4v) is 1.46. The third-order valence-electron chi connectivity index (χ3n) is 2.46. The Balaban J connectivity index is 2.98. The van der Waals surface area contributed by atoms with E-state index in [1.165, 1.54) is 30.3 Å². The summed E-state index contributed by atoms with van der Waals surface area (Å²) < 4.78 is 28.2. The number of ether oxygens (including phenoxy) is 1. The van der Waals surface area contributed by atoms with Gasteiger partial charge >= 0.3 is 6.61 Å². The number of alkyl halides is 2. The van der Waals surface area contributed by atoms with Crippen molar-refractivity contribution in [2.45, 2.75) is 27.4 Å². The molecule has 0 amide bonds. The van der Waals surface area contributed by atoms with Gasteiger partial charge in [0.15, 0.2) is 5.78 Å². The van der Waals surface area contributed by atoms with E-state index >= 15 is 0 Å². The lowest BCUT2D eigenvalue weighted by molar-refractivity contribution is -0.121. The number of rotatable bonds is 4. The number of halogens is 2. The molecule has 0 radical (unpaired) electrons. The zero-order valence-electron chi connectivity index (χ0n) is 11.5. The second-order valence-corrected chi connectivity index (χ2v) is 5.20. The fourth-order valence-electron chi connectivity index (χ4n) is 1.46. The predicted molar refractivity (Wildman–Crippen MR) is 71.1 cm³/mol. The first-order chi connectivity index (χ1) is 9.24. The summed E-state index contributed by atoms with van der Waals surface area (Å²) in [4.78, 5) is 12.0. The molecule has 20 heavy (non-hydrogen) atoms. The molecule has 0 N–H and O–H groups in total. The molecule has 0 atom stereocenters. The Morgan fingerprint density at radius 1 is 1.30 bits per heavy atom. The molecule has 106 valence electrons. The molecule has 0 aromatic heterocycles. The lowest BCUT2D eigenvalue weighted by Gasteiger charge is -2.15. The molecule has 0 bridgehead atoms. The second kappa shape index (κ2) is 6.29. The van der Waals surface area contributed by atoms with Gasteiger partial charge in [-0.15, -0.1) is 0 Å². The molecule has 5 heteroatoms. The van der Waals surface area contributed by atoms with Crippen LogP contribution in [0.2, 0.25) is 0 Å². The molecule has 0 aliphatic rings. The van der Waals surface area contributed by atoms with Gasteiger partial charge < -0.3 is 4.74 Å². The zero-order chi connectivity index (χ0) is 15.3. The highest BCUT2D eigenvalue weighted by Gasteiger charge is 2.24. The summed E-state index contributed by atoms with van der Waals surface area (Å²) in [6.07, 6.45) is 1.43. The minimum absolute atomic E-state index is 0.0257. The third kappa shape index (κ3) is 4.47. The van der Waals surface area contributed by atoms with E-state index in [9.17, 15) is 13.6 Å². The third-order valence-corrected chi connectivity index (χ3v) is 2.46. The standard InChI is InChI=1S/C15H15F2NO2/c1-15(2,3)13(19)11(9-18)8-10-4-6-12(7-5-10)20-14(16)17/h4-8,14H,1-3H3/b11-8+.